The molecule has 0 unspecified atom stereocenters. The maximum absolute atomic E-state index is 13.4. The number of H-pyrrole nitrogens is 1. The molecule has 34 heavy (non-hydrogen) atoms. The first kappa shape index (κ1) is 21.7. The minimum atomic E-state index is -0.599. The molecule has 1 fully saturated rings. The van der Waals surface area contributed by atoms with Crippen LogP contribution in [0.15, 0.2) is 52.2 Å². The molecule has 5 rings (SSSR count). The van der Waals surface area contributed by atoms with Crippen molar-refractivity contribution in [3.05, 3.63) is 79.1 Å². The molecule has 1 amide bonds. The number of amides is 1. The smallest absolute Gasteiger partial charge is 0.298 e. The van der Waals surface area contributed by atoms with Crippen LogP contribution in [-0.2, 0) is 4.79 Å². The van der Waals surface area contributed by atoms with Crippen molar-refractivity contribution in [1.82, 2.24) is 14.5 Å². The summed E-state index contributed by atoms with van der Waals surface area (Å²) in [6, 6.07) is 9.29. The van der Waals surface area contributed by atoms with Crippen LogP contribution >= 0.6 is 11.3 Å². The Balaban J connectivity index is 1.57. The lowest BCUT2D eigenvalue weighted by molar-refractivity contribution is -0.384. The number of carbonyl (C=O) groups is 1. The Hall–Kier alpha value is -4.12. The monoisotopic (exact) mass is 477 g/mol. The number of nitrogens with one attached hydrogen (secondary N) is 1. The summed E-state index contributed by atoms with van der Waals surface area (Å²) in [6.45, 7) is 2.38. The molecule has 0 aliphatic carbocycles. The molecule has 10 nitrogen and oxygen atoms in total. The number of carbonyl (C=O) groups excluding carboxylic acids is 1. The molecule has 0 atom stereocenters. The maximum atomic E-state index is 13.4. The number of fused-ring (bicyclic) bond motifs is 1. The number of aryl methyl sites for hydroxylation is 1. The van der Waals surface area contributed by atoms with E-state index in [4.69, 9.17) is 0 Å². The van der Waals surface area contributed by atoms with Crippen LogP contribution in [0.1, 0.15) is 24.8 Å². The fourth-order valence-electron chi connectivity index (χ4n) is 4.18. The number of nitro benzene ring substituents is 1. The fourth-order valence-corrected chi connectivity index (χ4v) is 5.37. The molecule has 1 aliphatic rings. The zero-order valence-corrected chi connectivity index (χ0v) is 18.9. The lowest BCUT2D eigenvalue weighted by Gasteiger charge is -2.25. The summed E-state index contributed by atoms with van der Waals surface area (Å²) in [5.74, 6) is 0.502. The average Bonchev–Trinajstić information content (AvgIpc) is 3.16. The second kappa shape index (κ2) is 8.34. The van der Waals surface area contributed by atoms with Gasteiger partial charge >= 0.3 is 5.69 Å². The Labute approximate surface area is 196 Å². The van der Waals surface area contributed by atoms with Crippen molar-refractivity contribution in [3.8, 4) is 16.1 Å². The largest absolute Gasteiger partial charge is 0.334 e. The average molecular weight is 478 g/mol. The van der Waals surface area contributed by atoms with Gasteiger partial charge < -0.3 is 0 Å². The number of thiophene rings is 1. The van der Waals surface area contributed by atoms with Crippen LogP contribution in [-0.4, -0.2) is 31.9 Å². The van der Waals surface area contributed by atoms with Gasteiger partial charge in [-0.1, -0.05) is 0 Å². The summed E-state index contributed by atoms with van der Waals surface area (Å²) in [5.41, 5.74) is 0.576. The normalized spacial score (nSPS) is 14.0. The molecule has 11 heteroatoms. The van der Waals surface area contributed by atoms with E-state index in [1.165, 1.54) is 29.7 Å². The number of nitrogens with zero attached hydrogens (tertiary/aromatic N) is 4. The van der Waals surface area contributed by atoms with Crippen LogP contribution in [0.5, 0.6) is 0 Å². The summed E-state index contributed by atoms with van der Waals surface area (Å²) in [6.07, 6.45) is 3.66. The zero-order chi connectivity index (χ0) is 24.0. The zero-order valence-electron chi connectivity index (χ0n) is 18.1. The number of rotatable bonds is 4. The number of piperidine rings is 1. The van der Waals surface area contributed by atoms with E-state index in [1.54, 1.807) is 36.1 Å². The molecule has 0 spiro atoms. The second-order valence-corrected chi connectivity index (χ2v) is 9.03. The third-order valence-electron chi connectivity index (χ3n) is 5.92. The summed E-state index contributed by atoms with van der Waals surface area (Å²) in [4.78, 5) is 58.7. The quantitative estimate of drug-likeness (QED) is 0.353. The molecular formula is C23H19N5O5S. The Morgan fingerprint density at radius 1 is 1.09 bits per heavy atom. The number of pyridine rings is 1. The number of benzene rings is 1. The molecule has 1 N–H and O–H groups in total. The van der Waals surface area contributed by atoms with Crippen LogP contribution in [0.25, 0.3) is 26.3 Å². The molecule has 1 aromatic carbocycles. The molecule has 1 aliphatic heterocycles. The highest BCUT2D eigenvalue weighted by molar-refractivity contribution is 7.22. The van der Waals surface area contributed by atoms with E-state index >= 15 is 0 Å². The fraction of sp³-hybridized carbons (Fsp3) is 0.217. The van der Waals surface area contributed by atoms with Crippen molar-refractivity contribution in [2.75, 3.05) is 11.4 Å². The van der Waals surface area contributed by atoms with Gasteiger partial charge in [-0.15, -0.1) is 11.3 Å². The van der Waals surface area contributed by atoms with Gasteiger partial charge in [0.2, 0.25) is 5.91 Å². The van der Waals surface area contributed by atoms with Gasteiger partial charge in [-0.2, -0.15) is 0 Å². The summed E-state index contributed by atoms with van der Waals surface area (Å²) >= 11 is 1.25. The number of aromatic nitrogens is 3. The first-order chi connectivity index (χ1) is 16.3. The Morgan fingerprint density at radius 3 is 2.50 bits per heavy atom. The Kier molecular flexibility index (Phi) is 5.33. The molecule has 0 saturated carbocycles. The lowest BCUT2D eigenvalue weighted by atomic mass is 10.1. The van der Waals surface area contributed by atoms with E-state index in [-0.39, 0.29) is 11.6 Å². The standard InChI is InChI=1S/C23H19N5O5S/c1-13-19-21(34-20(13)14-5-7-15(8-6-14)28(32)33)25-23(31)27(22(19)30)16-9-10-17(24-12-16)26-11-3-2-4-18(26)29/h5-10,12H,2-4,11H2,1H3,(H,25,31). The van der Waals surface area contributed by atoms with Crippen LogP contribution in [0.2, 0.25) is 0 Å². The molecule has 0 bridgehead atoms. The number of anilines is 1. The van der Waals surface area contributed by atoms with Crippen molar-refractivity contribution in [1.29, 1.82) is 0 Å². The van der Waals surface area contributed by atoms with Crippen molar-refractivity contribution in [3.63, 3.8) is 0 Å². The lowest BCUT2D eigenvalue weighted by Crippen LogP contribution is -2.36. The molecule has 4 aromatic rings. The van der Waals surface area contributed by atoms with Gasteiger partial charge in [-0.05, 0) is 55.2 Å². The van der Waals surface area contributed by atoms with Crippen molar-refractivity contribution >= 4 is 39.0 Å². The van der Waals surface area contributed by atoms with Crippen molar-refractivity contribution < 1.29 is 9.72 Å². The summed E-state index contributed by atoms with van der Waals surface area (Å²) in [7, 11) is 0. The topological polar surface area (TPSA) is 131 Å². The molecule has 3 aromatic heterocycles. The molecule has 172 valence electrons. The number of non-ortho nitro benzene ring substituents is 1. The van der Waals surface area contributed by atoms with E-state index in [9.17, 15) is 24.5 Å². The van der Waals surface area contributed by atoms with Gasteiger partial charge in [-0.3, -0.25) is 29.6 Å². The molecule has 4 heterocycles. The Bertz CT molecular complexity index is 1550. The molecule has 0 radical (unpaired) electrons. The SMILES string of the molecule is Cc1c(-c2ccc([N+](=O)[O-])cc2)sc2[nH]c(=O)n(-c3ccc(N4CCCCC4=O)nc3)c(=O)c12. The van der Waals surface area contributed by atoms with Crippen LogP contribution < -0.4 is 16.1 Å². The van der Waals surface area contributed by atoms with E-state index in [2.05, 4.69) is 9.97 Å². The minimum absolute atomic E-state index is 0.00982. The van der Waals surface area contributed by atoms with Gasteiger partial charge in [-0.25, -0.2) is 14.3 Å². The number of nitro groups is 1. The molecule has 1 saturated heterocycles. The first-order valence-corrected chi connectivity index (χ1v) is 11.5. The van der Waals surface area contributed by atoms with E-state index in [0.29, 0.717) is 45.8 Å². The predicted octanol–water partition coefficient (Wildman–Crippen LogP) is 3.54. The third kappa shape index (κ3) is 3.59. The number of hydrogen-bond donors (Lipinski definition) is 1. The van der Waals surface area contributed by atoms with Crippen LogP contribution in [0, 0.1) is 17.0 Å². The van der Waals surface area contributed by atoms with Gasteiger partial charge in [0.1, 0.15) is 10.6 Å². The van der Waals surface area contributed by atoms with Crippen LogP contribution in [0.3, 0.4) is 0 Å². The third-order valence-corrected chi connectivity index (χ3v) is 7.17. The predicted molar refractivity (Wildman–Crippen MR) is 129 cm³/mol. The number of aromatic amines is 1. The van der Waals surface area contributed by atoms with Gasteiger partial charge in [0.05, 0.1) is 22.2 Å². The molecular weight excluding hydrogens is 458 g/mol. The minimum Gasteiger partial charge on any atom is -0.298 e. The highest BCUT2D eigenvalue weighted by Gasteiger charge is 2.22. The second-order valence-electron chi connectivity index (χ2n) is 8.01. The van der Waals surface area contributed by atoms with Crippen molar-refractivity contribution in [2.45, 2.75) is 26.2 Å². The Morgan fingerprint density at radius 2 is 1.85 bits per heavy atom. The highest BCUT2D eigenvalue weighted by Crippen LogP contribution is 2.36. The highest BCUT2D eigenvalue weighted by atomic mass is 32.1. The van der Waals surface area contributed by atoms with E-state index in [0.717, 1.165) is 22.3 Å². The van der Waals surface area contributed by atoms with Gasteiger partial charge in [0.15, 0.2) is 0 Å². The summed E-state index contributed by atoms with van der Waals surface area (Å²) < 4.78 is 1.02. The van der Waals surface area contributed by atoms with Crippen LogP contribution in [0.4, 0.5) is 11.5 Å². The maximum Gasteiger partial charge on any atom is 0.334 e. The van der Waals surface area contributed by atoms with Gasteiger partial charge in [0.25, 0.3) is 11.2 Å². The van der Waals surface area contributed by atoms with E-state index in [1.807, 2.05) is 0 Å². The van der Waals surface area contributed by atoms with Crippen molar-refractivity contribution in [2.24, 2.45) is 0 Å². The van der Waals surface area contributed by atoms with E-state index < -0.39 is 16.2 Å². The van der Waals surface area contributed by atoms with Gasteiger partial charge in [0, 0.05) is 30.0 Å². The first-order valence-electron chi connectivity index (χ1n) is 10.6. The number of hydrogen-bond acceptors (Lipinski definition) is 7. The summed E-state index contributed by atoms with van der Waals surface area (Å²) in [5, 5.41) is 11.3.